The van der Waals surface area contributed by atoms with Gasteiger partial charge in [-0.3, -0.25) is 4.79 Å². The number of urea groups is 1. The SMILES string of the molecule is CCN(CC(N)=O)C(=O)N1Cc2ccc(C(=O)O)cc2C1. The number of carboxylic acids is 1. The number of carbonyl (C=O) groups is 3. The molecule has 1 aromatic rings. The third-order valence-corrected chi connectivity index (χ3v) is 3.45. The van der Waals surface area contributed by atoms with Crippen molar-refractivity contribution in [2.75, 3.05) is 13.1 Å². The summed E-state index contributed by atoms with van der Waals surface area (Å²) in [5.74, 6) is -1.55. The third-order valence-electron chi connectivity index (χ3n) is 3.45. The maximum absolute atomic E-state index is 12.3. The molecule has 0 unspecified atom stereocenters. The number of carbonyl (C=O) groups excluding carboxylic acids is 2. The zero-order chi connectivity index (χ0) is 15.6. The van der Waals surface area contributed by atoms with Crippen molar-refractivity contribution in [2.45, 2.75) is 20.0 Å². The molecule has 7 heteroatoms. The van der Waals surface area contributed by atoms with Crippen LogP contribution in [0.1, 0.15) is 28.4 Å². The molecule has 0 saturated carbocycles. The van der Waals surface area contributed by atoms with Gasteiger partial charge in [-0.2, -0.15) is 0 Å². The first kappa shape index (κ1) is 14.8. The lowest BCUT2D eigenvalue weighted by Crippen LogP contribution is -2.44. The lowest BCUT2D eigenvalue weighted by molar-refractivity contribution is -0.118. The van der Waals surface area contributed by atoms with Crippen LogP contribution < -0.4 is 5.73 Å². The lowest BCUT2D eigenvalue weighted by atomic mass is 10.1. The zero-order valence-corrected chi connectivity index (χ0v) is 11.7. The first-order valence-electron chi connectivity index (χ1n) is 6.59. The van der Waals surface area contributed by atoms with E-state index in [-0.39, 0.29) is 18.1 Å². The van der Waals surface area contributed by atoms with Gasteiger partial charge in [0.1, 0.15) is 6.54 Å². The molecule has 0 spiro atoms. The molecule has 0 fully saturated rings. The Balaban J connectivity index is 2.13. The van der Waals surface area contributed by atoms with Gasteiger partial charge in [0.05, 0.1) is 5.56 Å². The third kappa shape index (κ3) is 3.13. The van der Waals surface area contributed by atoms with Crippen molar-refractivity contribution in [1.82, 2.24) is 9.80 Å². The number of nitrogens with two attached hydrogens (primary N) is 1. The van der Waals surface area contributed by atoms with Crippen LogP contribution in [0.3, 0.4) is 0 Å². The molecule has 112 valence electrons. The molecule has 3 amide bonds. The molecule has 21 heavy (non-hydrogen) atoms. The average Bonchev–Trinajstić information content (AvgIpc) is 2.86. The summed E-state index contributed by atoms with van der Waals surface area (Å²) in [6.45, 7) is 2.78. The minimum absolute atomic E-state index is 0.122. The van der Waals surface area contributed by atoms with Crippen LogP contribution in [0.2, 0.25) is 0 Å². The molecule has 0 radical (unpaired) electrons. The molecule has 1 aliphatic heterocycles. The Labute approximate surface area is 121 Å². The molecule has 0 aromatic heterocycles. The summed E-state index contributed by atoms with van der Waals surface area (Å²) in [5, 5.41) is 8.98. The average molecular weight is 291 g/mol. The Bertz CT molecular complexity index is 600. The number of fused-ring (bicyclic) bond motifs is 1. The Morgan fingerprint density at radius 2 is 1.95 bits per heavy atom. The van der Waals surface area contributed by atoms with Crippen LogP contribution in [0.25, 0.3) is 0 Å². The van der Waals surface area contributed by atoms with Crippen molar-refractivity contribution in [3.63, 3.8) is 0 Å². The monoisotopic (exact) mass is 291 g/mol. The highest BCUT2D eigenvalue weighted by Gasteiger charge is 2.27. The van der Waals surface area contributed by atoms with E-state index in [9.17, 15) is 14.4 Å². The maximum atomic E-state index is 12.3. The molecule has 0 saturated heterocycles. The van der Waals surface area contributed by atoms with Crippen LogP contribution in [0.5, 0.6) is 0 Å². The van der Waals surface area contributed by atoms with Gasteiger partial charge < -0.3 is 20.6 Å². The second-order valence-electron chi connectivity index (χ2n) is 4.91. The number of rotatable bonds is 4. The molecule has 7 nitrogen and oxygen atoms in total. The van der Waals surface area contributed by atoms with E-state index in [4.69, 9.17) is 10.8 Å². The zero-order valence-electron chi connectivity index (χ0n) is 11.7. The molecule has 1 aromatic carbocycles. The maximum Gasteiger partial charge on any atom is 0.335 e. The molecular weight excluding hydrogens is 274 g/mol. The van der Waals surface area contributed by atoms with Crippen LogP contribution in [0.4, 0.5) is 4.79 Å². The van der Waals surface area contributed by atoms with Gasteiger partial charge in [-0.15, -0.1) is 0 Å². The Kier molecular flexibility index (Phi) is 4.11. The number of likely N-dealkylation sites (N-methyl/N-ethyl adjacent to an activating group) is 1. The number of aromatic carboxylic acids is 1. The summed E-state index contributed by atoms with van der Waals surface area (Å²) in [5.41, 5.74) is 7.07. The first-order chi connectivity index (χ1) is 9.92. The van der Waals surface area contributed by atoms with Gasteiger partial charge in [-0.1, -0.05) is 6.07 Å². The highest BCUT2D eigenvalue weighted by molar-refractivity contribution is 5.88. The van der Waals surface area contributed by atoms with Crippen LogP contribution in [-0.2, 0) is 17.9 Å². The van der Waals surface area contributed by atoms with E-state index >= 15 is 0 Å². The van der Waals surface area contributed by atoms with Crippen molar-refractivity contribution < 1.29 is 19.5 Å². The van der Waals surface area contributed by atoms with Gasteiger partial charge in [-0.05, 0) is 30.2 Å². The minimum atomic E-state index is -0.994. The fourth-order valence-corrected chi connectivity index (χ4v) is 2.37. The number of amides is 3. The van der Waals surface area contributed by atoms with Gasteiger partial charge in [-0.25, -0.2) is 9.59 Å². The highest BCUT2D eigenvalue weighted by atomic mass is 16.4. The second-order valence-corrected chi connectivity index (χ2v) is 4.91. The quantitative estimate of drug-likeness (QED) is 0.848. The summed E-state index contributed by atoms with van der Waals surface area (Å²) < 4.78 is 0. The number of benzene rings is 1. The van der Waals surface area contributed by atoms with E-state index in [1.807, 2.05) is 0 Å². The Morgan fingerprint density at radius 1 is 1.29 bits per heavy atom. The second kappa shape index (κ2) is 5.82. The summed E-state index contributed by atoms with van der Waals surface area (Å²) in [6, 6.07) is 4.55. The fourth-order valence-electron chi connectivity index (χ4n) is 2.37. The van der Waals surface area contributed by atoms with Crippen LogP contribution in [-0.4, -0.2) is 45.9 Å². The molecule has 0 bridgehead atoms. The van der Waals surface area contributed by atoms with Gasteiger partial charge in [0, 0.05) is 19.6 Å². The highest BCUT2D eigenvalue weighted by Crippen LogP contribution is 2.24. The molecule has 3 N–H and O–H groups in total. The Morgan fingerprint density at radius 3 is 2.52 bits per heavy atom. The van der Waals surface area contributed by atoms with Crippen LogP contribution >= 0.6 is 0 Å². The Hall–Kier alpha value is -2.57. The molecule has 0 aliphatic carbocycles. The van der Waals surface area contributed by atoms with E-state index in [1.165, 1.54) is 11.0 Å². The predicted molar refractivity (Wildman–Crippen MR) is 74.5 cm³/mol. The standard InChI is InChI=1S/C14H17N3O4/c1-2-16(8-12(15)18)14(21)17-6-10-4-3-9(13(19)20)5-11(10)7-17/h3-5H,2,6-8H2,1H3,(H2,15,18)(H,19,20). The fraction of sp³-hybridized carbons (Fsp3) is 0.357. The van der Waals surface area contributed by atoms with Crippen molar-refractivity contribution in [2.24, 2.45) is 5.73 Å². The number of nitrogens with zero attached hydrogens (tertiary/aromatic N) is 2. The van der Waals surface area contributed by atoms with E-state index in [0.29, 0.717) is 19.6 Å². The molecule has 1 aliphatic rings. The molecule has 0 atom stereocenters. The van der Waals surface area contributed by atoms with Crippen molar-refractivity contribution in [1.29, 1.82) is 0 Å². The predicted octanol–water partition coefficient (Wildman–Crippen LogP) is 0.628. The van der Waals surface area contributed by atoms with Gasteiger partial charge in [0.2, 0.25) is 5.91 Å². The van der Waals surface area contributed by atoms with Crippen molar-refractivity contribution in [3.05, 3.63) is 34.9 Å². The largest absolute Gasteiger partial charge is 0.478 e. The summed E-state index contributed by atoms with van der Waals surface area (Å²) in [6.07, 6.45) is 0. The van der Waals surface area contributed by atoms with Crippen molar-refractivity contribution in [3.8, 4) is 0 Å². The summed E-state index contributed by atoms with van der Waals surface area (Å²) in [7, 11) is 0. The van der Waals surface area contributed by atoms with Gasteiger partial charge in [0.25, 0.3) is 0 Å². The first-order valence-corrected chi connectivity index (χ1v) is 6.59. The van der Waals surface area contributed by atoms with E-state index in [2.05, 4.69) is 0 Å². The summed E-state index contributed by atoms with van der Waals surface area (Å²) >= 11 is 0. The van der Waals surface area contributed by atoms with Crippen LogP contribution in [0.15, 0.2) is 18.2 Å². The van der Waals surface area contributed by atoms with E-state index in [1.54, 1.807) is 24.0 Å². The minimum Gasteiger partial charge on any atom is -0.478 e. The van der Waals surface area contributed by atoms with Gasteiger partial charge >= 0.3 is 12.0 Å². The number of hydrogen-bond acceptors (Lipinski definition) is 3. The normalized spacial score (nSPS) is 12.9. The van der Waals surface area contributed by atoms with Crippen LogP contribution in [0, 0.1) is 0 Å². The topological polar surface area (TPSA) is 104 Å². The van der Waals surface area contributed by atoms with Crippen molar-refractivity contribution >= 4 is 17.9 Å². The van der Waals surface area contributed by atoms with E-state index < -0.39 is 11.9 Å². The number of carboxylic acid groups (broad SMARTS) is 1. The smallest absolute Gasteiger partial charge is 0.335 e. The van der Waals surface area contributed by atoms with Gasteiger partial charge in [0.15, 0.2) is 0 Å². The number of hydrogen-bond donors (Lipinski definition) is 2. The lowest BCUT2D eigenvalue weighted by Gasteiger charge is -2.25. The molecular formula is C14H17N3O4. The van der Waals surface area contributed by atoms with E-state index in [0.717, 1.165) is 11.1 Å². The number of primary amides is 1. The molecule has 1 heterocycles. The summed E-state index contributed by atoms with van der Waals surface area (Å²) in [4.78, 5) is 37.2. The molecule has 2 rings (SSSR count).